The standard InChI is InChI=1S/C21H23N3O4/c1-14-8-7-9-16(12-14)20-22-19(28-23-20)13-24(3)21(25)15(2)27-18-11-6-5-10-17(18)26-4/h5-12,15H,13H2,1-4H3. The van der Waals surface area contributed by atoms with Crippen molar-refractivity contribution < 1.29 is 18.8 Å². The Balaban J connectivity index is 1.64. The third-order valence-corrected chi connectivity index (χ3v) is 4.21. The summed E-state index contributed by atoms with van der Waals surface area (Å²) in [7, 11) is 3.23. The highest BCUT2D eigenvalue weighted by molar-refractivity contribution is 5.80. The van der Waals surface area contributed by atoms with Crippen LogP contribution in [0.1, 0.15) is 18.4 Å². The van der Waals surface area contributed by atoms with Crippen LogP contribution in [0.2, 0.25) is 0 Å². The number of aromatic nitrogens is 2. The van der Waals surface area contributed by atoms with Gasteiger partial charge in [0.25, 0.3) is 5.91 Å². The van der Waals surface area contributed by atoms with Crippen molar-refractivity contribution in [2.75, 3.05) is 14.2 Å². The molecule has 0 fully saturated rings. The molecule has 2 aromatic carbocycles. The maximum Gasteiger partial charge on any atom is 0.263 e. The van der Waals surface area contributed by atoms with Crippen LogP contribution in [-0.2, 0) is 11.3 Å². The van der Waals surface area contributed by atoms with E-state index in [9.17, 15) is 4.79 Å². The molecule has 3 rings (SSSR count). The van der Waals surface area contributed by atoms with E-state index >= 15 is 0 Å². The van der Waals surface area contributed by atoms with Crippen molar-refractivity contribution in [3.05, 3.63) is 60.0 Å². The molecule has 0 aliphatic carbocycles. The van der Waals surface area contributed by atoms with Gasteiger partial charge in [-0.3, -0.25) is 4.79 Å². The van der Waals surface area contributed by atoms with E-state index in [1.807, 2.05) is 43.3 Å². The molecule has 1 unspecified atom stereocenters. The molecule has 1 atom stereocenters. The first-order valence-electron chi connectivity index (χ1n) is 8.92. The van der Waals surface area contributed by atoms with Gasteiger partial charge in [-0.15, -0.1) is 0 Å². The van der Waals surface area contributed by atoms with E-state index in [-0.39, 0.29) is 12.5 Å². The molecule has 1 heterocycles. The summed E-state index contributed by atoms with van der Waals surface area (Å²) in [5, 5.41) is 4.00. The molecule has 3 aromatic rings. The third kappa shape index (κ3) is 4.49. The third-order valence-electron chi connectivity index (χ3n) is 4.21. The number of rotatable bonds is 7. The van der Waals surface area contributed by atoms with Crippen molar-refractivity contribution in [1.82, 2.24) is 15.0 Å². The lowest BCUT2D eigenvalue weighted by molar-refractivity contribution is -0.137. The van der Waals surface area contributed by atoms with Crippen LogP contribution in [0.5, 0.6) is 11.5 Å². The quantitative estimate of drug-likeness (QED) is 0.624. The summed E-state index contributed by atoms with van der Waals surface area (Å²) >= 11 is 0. The van der Waals surface area contributed by atoms with Crippen molar-refractivity contribution in [1.29, 1.82) is 0 Å². The number of methoxy groups -OCH3 is 1. The molecule has 0 spiro atoms. The van der Waals surface area contributed by atoms with Crippen molar-refractivity contribution >= 4 is 5.91 Å². The molecule has 0 aliphatic rings. The number of nitrogens with zero attached hydrogens (tertiary/aromatic N) is 3. The summed E-state index contributed by atoms with van der Waals surface area (Å²) in [6, 6.07) is 15.0. The average Bonchev–Trinajstić information content (AvgIpc) is 3.16. The van der Waals surface area contributed by atoms with Crippen LogP contribution in [-0.4, -0.2) is 41.2 Å². The Morgan fingerprint density at radius 2 is 1.93 bits per heavy atom. The van der Waals surface area contributed by atoms with E-state index in [0.29, 0.717) is 23.2 Å². The zero-order chi connectivity index (χ0) is 20.1. The molecular formula is C21H23N3O4. The van der Waals surface area contributed by atoms with Gasteiger partial charge in [-0.1, -0.05) is 41.1 Å². The summed E-state index contributed by atoms with van der Waals surface area (Å²) < 4.78 is 16.3. The van der Waals surface area contributed by atoms with Crippen LogP contribution in [0, 0.1) is 6.92 Å². The van der Waals surface area contributed by atoms with E-state index in [2.05, 4.69) is 10.1 Å². The Morgan fingerprint density at radius 3 is 2.64 bits per heavy atom. The molecule has 1 amide bonds. The van der Waals surface area contributed by atoms with E-state index in [1.165, 1.54) is 4.90 Å². The van der Waals surface area contributed by atoms with E-state index in [4.69, 9.17) is 14.0 Å². The van der Waals surface area contributed by atoms with E-state index < -0.39 is 6.10 Å². The monoisotopic (exact) mass is 381 g/mol. The predicted molar refractivity (Wildman–Crippen MR) is 104 cm³/mol. The summed E-state index contributed by atoms with van der Waals surface area (Å²) in [6.07, 6.45) is -0.694. The summed E-state index contributed by atoms with van der Waals surface area (Å²) in [5.74, 6) is 1.74. The molecular weight excluding hydrogens is 358 g/mol. The lowest BCUT2D eigenvalue weighted by atomic mass is 10.1. The maximum absolute atomic E-state index is 12.6. The van der Waals surface area contributed by atoms with Crippen LogP contribution < -0.4 is 9.47 Å². The van der Waals surface area contributed by atoms with Gasteiger partial charge in [0, 0.05) is 12.6 Å². The fourth-order valence-corrected chi connectivity index (χ4v) is 2.77. The zero-order valence-corrected chi connectivity index (χ0v) is 16.4. The van der Waals surface area contributed by atoms with Gasteiger partial charge in [0.2, 0.25) is 11.7 Å². The number of carbonyl (C=O) groups is 1. The Labute approximate surface area is 163 Å². The highest BCUT2D eigenvalue weighted by atomic mass is 16.5. The first-order valence-corrected chi connectivity index (χ1v) is 8.92. The topological polar surface area (TPSA) is 77.7 Å². The smallest absolute Gasteiger partial charge is 0.263 e. The summed E-state index contributed by atoms with van der Waals surface area (Å²) in [6.45, 7) is 3.88. The first-order chi connectivity index (χ1) is 13.5. The van der Waals surface area contributed by atoms with Crippen LogP contribution in [0.3, 0.4) is 0 Å². The fourth-order valence-electron chi connectivity index (χ4n) is 2.77. The molecule has 0 bridgehead atoms. The molecule has 0 N–H and O–H groups in total. The fraction of sp³-hybridized carbons (Fsp3) is 0.286. The highest BCUT2D eigenvalue weighted by Crippen LogP contribution is 2.27. The number of para-hydroxylation sites is 2. The minimum atomic E-state index is -0.694. The number of ether oxygens (including phenoxy) is 2. The average molecular weight is 381 g/mol. The second-order valence-electron chi connectivity index (χ2n) is 6.49. The second-order valence-corrected chi connectivity index (χ2v) is 6.49. The minimum Gasteiger partial charge on any atom is -0.493 e. The molecule has 1 aromatic heterocycles. The number of hydrogen-bond donors (Lipinski definition) is 0. The summed E-state index contributed by atoms with van der Waals surface area (Å²) in [4.78, 5) is 18.5. The SMILES string of the molecule is COc1ccccc1OC(C)C(=O)N(C)Cc1nc(-c2cccc(C)c2)no1. The second kappa shape index (κ2) is 8.56. The van der Waals surface area contributed by atoms with Crippen molar-refractivity contribution in [3.8, 4) is 22.9 Å². The number of hydrogen-bond acceptors (Lipinski definition) is 6. The van der Waals surface area contributed by atoms with Crippen LogP contribution in [0.25, 0.3) is 11.4 Å². The van der Waals surface area contributed by atoms with Gasteiger partial charge in [0.15, 0.2) is 17.6 Å². The van der Waals surface area contributed by atoms with Crippen molar-refractivity contribution in [2.24, 2.45) is 0 Å². The van der Waals surface area contributed by atoms with Crippen molar-refractivity contribution in [3.63, 3.8) is 0 Å². The maximum atomic E-state index is 12.6. The lowest BCUT2D eigenvalue weighted by Crippen LogP contribution is -2.37. The Bertz CT molecular complexity index is 954. The van der Waals surface area contributed by atoms with Gasteiger partial charge in [-0.05, 0) is 32.0 Å². The Kier molecular flexibility index (Phi) is 5.93. The lowest BCUT2D eigenvalue weighted by Gasteiger charge is -2.21. The van der Waals surface area contributed by atoms with Gasteiger partial charge in [-0.25, -0.2) is 0 Å². The molecule has 7 heteroatoms. The number of carbonyl (C=O) groups excluding carboxylic acids is 1. The van der Waals surface area contributed by atoms with E-state index in [1.54, 1.807) is 33.2 Å². The number of benzene rings is 2. The van der Waals surface area contributed by atoms with E-state index in [0.717, 1.165) is 11.1 Å². The van der Waals surface area contributed by atoms with Crippen molar-refractivity contribution in [2.45, 2.75) is 26.5 Å². The van der Waals surface area contributed by atoms with Crippen LogP contribution in [0.4, 0.5) is 0 Å². The van der Waals surface area contributed by atoms with Gasteiger partial charge in [0.1, 0.15) is 0 Å². The highest BCUT2D eigenvalue weighted by Gasteiger charge is 2.22. The zero-order valence-electron chi connectivity index (χ0n) is 16.4. The van der Waals surface area contributed by atoms with Crippen LogP contribution >= 0.6 is 0 Å². The molecule has 146 valence electrons. The molecule has 28 heavy (non-hydrogen) atoms. The van der Waals surface area contributed by atoms with Gasteiger partial charge >= 0.3 is 0 Å². The molecule has 7 nitrogen and oxygen atoms in total. The largest absolute Gasteiger partial charge is 0.493 e. The van der Waals surface area contributed by atoms with Gasteiger partial charge in [0.05, 0.1) is 13.7 Å². The molecule has 0 saturated heterocycles. The van der Waals surface area contributed by atoms with Crippen LogP contribution in [0.15, 0.2) is 53.1 Å². The number of likely N-dealkylation sites (N-methyl/N-ethyl adjacent to an activating group) is 1. The van der Waals surface area contributed by atoms with Gasteiger partial charge in [-0.2, -0.15) is 4.98 Å². The normalized spacial score (nSPS) is 11.7. The molecule has 0 radical (unpaired) electrons. The minimum absolute atomic E-state index is 0.192. The molecule has 0 saturated carbocycles. The first kappa shape index (κ1) is 19.4. The number of amides is 1. The summed E-state index contributed by atoms with van der Waals surface area (Å²) in [5.41, 5.74) is 1.98. The Hall–Kier alpha value is -3.35. The number of aryl methyl sites for hydroxylation is 1. The van der Waals surface area contributed by atoms with Gasteiger partial charge < -0.3 is 18.9 Å². The molecule has 0 aliphatic heterocycles. The Morgan fingerprint density at radius 1 is 1.18 bits per heavy atom. The predicted octanol–water partition coefficient (Wildman–Crippen LogP) is 3.48.